The molecule has 0 spiro atoms. The van der Waals surface area contributed by atoms with Crippen molar-refractivity contribution in [1.29, 1.82) is 0 Å². The van der Waals surface area contributed by atoms with Crippen LogP contribution in [0, 0.1) is 17.5 Å². The molecule has 2 heterocycles. The summed E-state index contributed by atoms with van der Waals surface area (Å²) in [5.74, 6) is -2.00. The first-order valence-corrected chi connectivity index (χ1v) is 8.79. The summed E-state index contributed by atoms with van der Waals surface area (Å²) in [6.07, 6.45) is 0.134. The van der Waals surface area contributed by atoms with Crippen molar-refractivity contribution in [3.05, 3.63) is 70.3 Å². The van der Waals surface area contributed by atoms with E-state index >= 15 is 0 Å². The first-order chi connectivity index (χ1) is 13.4. The van der Waals surface area contributed by atoms with Gasteiger partial charge in [-0.3, -0.25) is 4.79 Å². The molecular weight excluding hydrogens is 395 g/mol. The van der Waals surface area contributed by atoms with E-state index in [1.54, 1.807) is 0 Å². The number of benzene rings is 2. The number of likely N-dealkylation sites (tertiary alicyclic amines) is 1. The fraction of sp³-hybridized carbons (Fsp3) is 0.211. The molecule has 1 unspecified atom stereocenters. The normalized spacial score (nSPS) is 16.8. The van der Waals surface area contributed by atoms with E-state index in [2.05, 4.69) is 10.1 Å². The highest BCUT2D eigenvalue weighted by Gasteiger charge is 2.34. The van der Waals surface area contributed by atoms with Gasteiger partial charge in [0.15, 0.2) is 0 Å². The maximum Gasteiger partial charge on any atom is 0.232 e. The number of rotatable bonds is 4. The Balaban J connectivity index is 1.49. The predicted octanol–water partition coefficient (Wildman–Crippen LogP) is 4.32. The lowest BCUT2D eigenvalue weighted by Gasteiger charge is -2.16. The Morgan fingerprint density at radius 3 is 2.71 bits per heavy atom. The number of hydrogen-bond donors (Lipinski definition) is 0. The molecular formula is C19H13ClF3N3O2. The summed E-state index contributed by atoms with van der Waals surface area (Å²) in [6.45, 7) is 0.289. The molecule has 1 fully saturated rings. The molecule has 144 valence electrons. The number of hydrogen-bond acceptors (Lipinski definition) is 4. The Labute approximate surface area is 162 Å². The molecule has 0 saturated carbocycles. The SMILES string of the molecule is O=C1CC(c2nc(-c3ccc(F)c(Cl)c3)no2)CN1Cc1ccc(F)cc1F. The van der Waals surface area contributed by atoms with E-state index in [-0.39, 0.29) is 53.6 Å². The second-order valence-electron chi connectivity index (χ2n) is 6.50. The maximum absolute atomic E-state index is 13.8. The lowest BCUT2D eigenvalue weighted by atomic mass is 10.1. The zero-order valence-corrected chi connectivity index (χ0v) is 15.1. The molecule has 1 aliphatic rings. The van der Waals surface area contributed by atoms with Gasteiger partial charge in [-0.15, -0.1) is 0 Å². The molecule has 1 amide bonds. The highest BCUT2D eigenvalue weighted by Crippen LogP contribution is 2.30. The third-order valence-electron chi connectivity index (χ3n) is 4.56. The molecule has 0 bridgehead atoms. The highest BCUT2D eigenvalue weighted by atomic mass is 35.5. The van der Waals surface area contributed by atoms with Gasteiger partial charge < -0.3 is 9.42 Å². The largest absolute Gasteiger partial charge is 0.339 e. The van der Waals surface area contributed by atoms with Crippen LogP contribution in [0.4, 0.5) is 13.2 Å². The van der Waals surface area contributed by atoms with Gasteiger partial charge in [0.05, 0.1) is 10.9 Å². The Hall–Kier alpha value is -2.87. The average Bonchev–Trinajstić information content (AvgIpc) is 3.27. The molecule has 9 heteroatoms. The number of aromatic nitrogens is 2. The predicted molar refractivity (Wildman–Crippen MR) is 93.8 cm³/mol. The summed E-state index contributed by atoms with van der Waals surface area (Å²) >= 11 is 5.77. The van der Waals surface area contributed by atoms with Crippen molar-refractivity contribution in [1.82, 2.24) is 15.0 Å². The van der Waals surface area contributed by atoms with Crippen molar-refractivity contribution in [2.75, 3.05) is 6.54 Å². The van der Waals surface area contributed by atoms with E-state index in [1.807, 2.05) is 0 Å². The van der Waals surface area contributed by atoms with Crippen LogP contribution in [0.2, 0.25) is 5.02 Å². The second-order valence-corrected chi connectivity index (χ2v) is 6.90. The van der Waals surface area contributed by atoms with E-state index in [9.17, 15) is 18.0 Å². The van der Waals surface area contributed by atoms with Crippen LogP contribution >= 0.6 is 11.6 Å². The van der Waals surface area contributed by atoms with Crippen molar-refractivity contribution in [2.45, 2.75) is 18.9 Å². The van der Waals surface area contributed by atoms with Crippen LogP contribution in [-0.4, -0.2) is 27.5 Å². The molecule has 0 N–H and O–H groups in total. The average molecular weight is 408 g/mol. The van der Waals surface area contributed by atoms with Gasteiger partial charge in [-0.05, 0) is 24.3 Å². The monoisotopic (exact) mass is 407 g/mol. The summed E-state index contributed by atoms with van der Waals surface area (Å²) in [5, 5.41) is 3.80. The summed E-state index contributed by atoms with van der Waals surface area (Å²) in [7, 11) is 0. The minimum absolute atomic E-state index is 0.0238. The third-order valence-corrected chi connectivity index (χ3v) is 4.85. The van der Waals surface area contributed by atoms with Crippen LogP contribution in [0.15, 0.2) is 40.9 Å². The molecule has 0 aliphatic carbocycles. The minimum Gasteiger partial charge on any atom is -0.339 e. The van der Waals surface area contributed by atoms with E-state index in [1.165, 1.54) is 29.2 Å². The fourth-order valence-electron chi connectivity index (χ4n) is 3.10. The summed E-state index contributed by atoms with van der Waals surface area (Å²) in [6, 6.07) is 7.30. The highest BCUT2D eigenvalue weighted by molar-refractivity contribution is 6.31. The Morgan fingerprint density at radius 1 is 1.14 bits per heavy atom. The quantitative estimate of drug-likeness (QED) is 0.646. The van der Waals surface area contributed by atoms with Crippen molar-refractivity contribution in [2.24, 2.45) is 0 Å². The number of nitrogens with zero attached hydrogens (tertiary/aromatic N) is 3. The Morgan fingerprint density at radius 2 is 1.96 bits per heavy atom. The van der Waals surface area contributed by atoms with Gasteiger partial charge in [0, 0.05) is 36.7 Å². The van der Waals surface area contributed by atoms with Gasteiger partial charge in [-0.1, -0.05) is 22.8 Å². The van der Waals surface area contributed by atoms with Crippen LogP contribution in [0.1, 0.15) is 23.8 Å². The molecule has 4 rings (SSSR count). The second kappa shape index (κ2) is 7.27. The van der Waals surface area contributed by atoms with Crippen molar-refractivity contribution < 1.29 is 22.5 Å². The summed E-state index contributed by atoms with van der Waals surface area (Å²) in [4.78, 5) is 18.0. The molecule has 28 heavy (non-hydrogen) atoms. The van der Waals surface area contributed by atoms with Gasteiger partial charge in [-0.25, -0.2) is 13.2 Å². The number of amides is 1. The van der Waals surface area contributed by atoms with Gasteiger partial charge in [-0.2, -0.15) is 4.98 Å². The first-order valence-electron chi connectivity index (χ1n) is 8.41. The van der Waals surface area contributed by atoms with E-state index in [0.29, 0.717) is 5.56 Å². The standard InChI is InChI=1S/C19H13ClF3N3O2/c20-14-5-10(2-4-15(14)22)18-24-19(28-25-18)12-6-17(27)26(9-12)8-11-1-3-13(21)7-16(11)23/h1-5,7,12H,6,8-9H2. The van der Waals surface area contributed by atoms with Gasteiger partial charge in [0.1, 0.15) is 17.5 Å². The molecule has 1 aliphatic heterocycles. The van der Waals surface area contributed by atoms with E-state index in [4.69, 9.17) is 16.1 Å². The van der Waals surface area contributed by atoms with Crippen LogP contribution in [0.5, 0.6) is 0 Å². The molecule has 2 aromatic carbocycles. The first kappa shape index (κ1) is 18.5. The molecule has 1 saturated heterocycles. The Bertz CT molecular complexity index is 1060. The van der Waals surface area contributed by atoms with Crippen LogP contribution < -0.4 is 0 Å². The zero-order chi connectivity index (χ0) is 19.8. The number of carbonyl (C=O) groups excluding carboxylic acids is 1. The zero-order valence-electron chi connectivity index (χ0n) is 14.3. The smallest absolute Gasteiger partial charge is 0.232 e. The van der Waals surface area contributed by atoms with Crippen molar-refractivity contribution >= 4 is 17.5 Å². The lowest BCUT2D eigenvalue weighted by Crippen LogP contribution is -2.25. The fourth-order valence-corrected chi connectivity index (χ4v) is 3.28. The molecule has 0 radical (unpaired) electrons. The topological polar surface area (TPSA) is 59.2 Å². The van der Waals surface area contributed by atoms with Gasteiger partial charge >= 0.3 is 0 Å². The minimum atomic E-state index is -0.704. The van der Waals surface area contributed by atoms with E-state index in [0.717, 1.165) is 12.1 Å². The third kappa shape index (κ3) is 3.60. The molecule has 5 nitrogen and oxygen atoms in total. The summed E-state index contributed by atoms with van der Waals surface area (Å²) in [5.41, 5.74) is 0.707. The molecule has 1 aromatic heterocycles. The lowest BCUT2D eigenvalue weighted by molar-refractivity contribution is -0.128. The molecule has 3 aromatic rings. The Kier molecular flexibility index (Phi) is 4.80. The van der Waals surface area contributed by atoms with Crippen LogP contribution in [-0.2, 0) is 11.3 Å². The van der Waals surface area contributed by atoms with Crippen molar-refractivity contribution in [3.63, 3.8) is 0 Å². The van der Waals surface area contributed by atoms with Crippen LogP contribution in [0.3, 0.4) is 0 Å². The van der Waals surface area contributed by atoms with Gasteiger partial charge in [0.25, 0.3) is 0 Å². The van der Waals surface area contributed by atoms with E-state index < -0.39 is 17.5 Å². The summed E-state index contributed by atoms with van der Waals surface area (Å²) < 4.78 is 45.4. The van der Waals surface area contributed by atoms with Crippen LogP contribution in [0.25, 0.3) is 11.4 Å². The maximum atomic E-state index is 13.8. The van der Waals surface area contributed by atoms with Crippen molar-refractivity contribution in [3.8, 4) is 11.4 Å². The molecule has 1 atom stereocenters. The van der Waals surface area contributed by atoms with Gasteiger partial charge in [0.2, 0.25) is 17.6 Å². The number of carbonyl (C=O) groups is 1. The number of halogens is 4.